The van der Waals surface area contributed by atoms with Gasteiger partial charge in [0.2, 0.25) is 0 Å². The molecular formula is C11H16N2. The van der Waals surface area contributed by atoms with Crippen molar-refractivity contribution in [2.24, 2.45) is 0 Å². The van der Waals surface area contributed by atoms with Crippen molar-refractivity contribution in [3.8, 4) is 0 Å². The Morgan fingerprint density at radius 2 is 1.69 bits per heavy atom. The molecule has 0 aliphatic carbocycles. The molecule has 2 rings (SSSR count). The van der Waals surface area contributed by atoms with E-state index in [-0.39, 0.29) is 0 Å². The van der Waals surface area contributed by atoms with E-state index >= 15 is 0 Å². The van der Waals surface area contributed by atoms with Gasteiger partial charge in [0.25, 0.3) is 0 Å². The normalized spacial score (nSPS) is 15.4. The summed E-state index contributed by atoms with van der Waals surface area (Å²) in [7, 11) is 4.14. The third kappa shape index (κ3) is 1.62. The highest BCUT2D eigenvalue weighted by Crippen LogP contribution is 2.22. The summed E-state index contributed by atoms with van der Waals surface area (Å²) < 4.78 is 0. The first-order valence-corrected chi connectivity index (χ1v) is 4.80. The van der Waals surface area contributed by atoms with Crippen LogP contribution in [0.25, 0.3) is 0 Å². The molecule has 1 aliphatic rings. The fourth-order valence-electron chi connectivity index (χ4n) is 1.54. The lowest BCUT2D eigenvalue weighted by Crippen LogP contribution is -2.36. The molecule has 1 saturated heterocycles. The van der Waals surface area contributed by atoms with Crippen LogP contribution in [0.1, 0.15) is 6.42 Å². The first-order valence-electron chi connectivity index (χ1n) is 4.80. The maximum absolute atomic E-state index is 2.40. The quantitative estimate of drug-likeness (QED) is 0.679. The van der Waals surface area contributed by atoms with Gasteiger partial charge in [-0.3, -0.25) is 0 Å². The van der Waals surface area contributed by atoms with Gasteiger partial charge in [-0.2, -0.15) is 0 Å². The van der Waals surface area contributed by atoms with Gasteiger partial charge >= 0.3 is 0 Å². The lowest BCUT2D eigenvalue weighted by Gasteiger charge is -2.33. The summed E-state index contributed by atoms with van der Waals surface area (Å²) in [4.78, 5) is 4.53. The second-order valence-corrected chi connectivity index (χ2v) is 3.75. The maximum Gasteiger partial charge on any atom is 0.0367 e. The van der Waals surface area contributed by atoms with Crippen molar-refractivity contribution in [3.05, 3.63) is 24.3 Å². The van der Waals surface area contributed by atoms with E-state index in [9.17, 15) is 0 Å². The number of nitrogens with zero attached hydrogens (tertiary/aromatic N) is 2. The molecular weight excluding hydrogens is 160 g/mol. The van der Waals surface area contributed by atoms with Crippen LogP contribution < -0.4 is 9.80 Å². The summed E-state index contributed by atoms with van der Waals surface area (Å²) >= 11 is 0. The third-order valence-electron chi connectivity index (χ3n) is 2.59. The van der Waals surface area contributed by atoms with E-state index in [4.69, 9.17) is 0 Å². The second-order valence-electron chi connectivity index (χ2n) is 3.75. The van der Waals surface area contributed by atoms with Gasteiger partial charge < -0.3 is 9.80 Å². The molecule has 0 saturated carbocycles. The minimum atomic E-state index is 1.22. The summed E-state index contributed by atoms with van der Waals surface area (Å²) in [5, 5.41) is 0. The van der Waals surface area contributed by atoms with E-state index in [1.165, 1.54) is 30.9 Å². The smallest absolute Gasteiger partial charge is 0.0367 e. The molecule has 2 heteroatoms. The molecule has 0 bridgehead atoms. The highest BCUT2D eigenvalue weighted by Gasteiger charge is 2.13. The van der Waals surface area contributed by atoms with Crippen LogP contribution in [0.3, 0.4) is 0 Å². The summed E-state index contributed by atoms with van der Waals surface area (Å²) in [5.74, 6) is 0. The Morgan fingerprint density at radius 3 is 2.08 bits per heavy atom. The van der Waals surface area contributed by atoms with Crippen LogP contribution in [-0.2, 0) is 0 Å². The molecule has 1 fully saturated rings. The molecule has 2 nitrogen and oxygen atoms in total. The minimum Gasteiger partial charge on any atom is -0.378 e. The molecule has 70 valence electrons. The van der Waals surface area contributed by atoms with Crippen molar-refractivity contribution < 1.29 is 0 Å². The zero-order valence-corrected chi connectivity index (χ0v) is 8.33. The van der Waals surface area contributed by atoms with Gasteiger partial charge in [0.05, 0.1) is 0 Å². The topological polar surface area (TPSA) is 6.48 Å². The van der Waals surface area contributed by atoms with Crippen LogP contribution >= 0.6 is 0 Å². The van der Waals surface area contributed by atoms with Gasteiger partial charge in [0.15, 0.2) is 0 Å². The standard InChI is InChI=1S/C11H16N2/c1-12(2)10-4-6-11(7-5-10)13-8-3-9-13/h4-7H,3,8-9H2,1-2H3. The number of benzene rings is 1. The molecule has 1 aromatic rings. The van der Waals surface area contributed by atoms with E-state index in [2.05, 4.69) is 48.2 Å². The van der Waals surface area contributed by atoms with Crippen molar-refractivity contribution in [1.29, 1.82) is 0 Å². The highest BCUT2D eigenvalue weighted by atomic mass is 15.2. The molecule has 0 aromatic heterocycles. The molecule has 0 N–H and O–H groups in total. The summed E-state index contributed by atoms with van der Waals surface area (Å²) in [6.45, 7) is 2.45. The lowest BCUT2D eigenvalue weighted by molar-refractivity contribution is 0.618. The Bertz CT molecular complexity index is 273. The Balaban J connectivity index is 2.13. The average molecular weight is 176 g/mol. The number of anilines is 2. The summed E-state index contributed by atoms with van der Waals surface area (Å²) in [6.07, 6.45) is 1.34. The van der Waals surface area contributed by atoms with Gasteiger partial charge in [0, 0.05) is 38.6 Å². The van der Waals surface area contributed by atoms with Gasteiger partial charge in [-0.05, 0) is 30.7 Å². The summed E-state index contributed by atoms with van der Waals surface area (Å²) in [6, 6.07) is 8.75. The van der Waals surface area contributed by atoms with Crippen molar-refractivity contribution in [1.82, 2.24) is 0 Å². The van der Waals surface area contributed by atoms with Crippen molar-refractivity contribution in [2.45, 2.75) is 6.42 Å². The molecule has 0 unspecified atom stereocenters. The van der Waals surface area contributed by atoms with Crippen LogP contribution in [0.5, 0.6) is 0 Å². The molecule has 0 atom stereocenters. The molecule has 1 aromatic carbocycles. The SMILES string of the molecule is CN(C)c1ccc(N2CCC2)cc1. The van der Waals surface area contributed by atoms with E-state index in [1.54, 1.807) is 0 Å². The maximum atomic E-state index is 2.40. The predicted octanol–water partition coefficient (Wildman–Crippen LogP) is 1.96. The van der Waals surface area contributed by atoms with E-state index in [1.807, 2.05) is 0 Å². The average Bonchev–Trinajstić information content (AvgIpc) is 2.02. The van der Waals surface area contributed by atoms with Crippen molar-refractivity contribution in [2.75, 3.05) is 37.0 Å². The zero-order valence-electron chi connectivity index (χ0n) is 8.33. The Morgan fingerprint density at radius 1 is 1.08 bits per heavy atom. The molecule has 13 heavy (non-hydrogen) atoms. The Labute approximate surface area is 79.8 Å². The number of hydrogen-bond acceptors (Lipinski definition) is 2. The molecule has 0 spiro atoms. The van der Waals surface area contributed by atoms with Gasteiger partial charge in [-0.15, -0.1) is 0 Å². The fraction of sp³-hybridized carbons (Fsp3) is 0.455. The largest absolute Gasteiger partial charge is 0.378 e. The van der Waals surface area contributed by atoms with Gasteiger partial charge in [0.1, 0.15) is 0 Å². The third-order valence-corrected chi connectivity index (χ3v) is 2.59. The highest BCUT2D eigenvalue weighted by molar-refractivity contribution is 5.56. The number of hydrogen-bond donors (Lipinski definition) is 0. The second kappa shape index (κ2) is 3.29. The first kappa shape index (κ1) is 8.42. The van der Waals surface area contributed by atoms with E-state index < -0.39 is 0 Å². The Kier molecular flexibility index (Phi) is 2.13. The van der Waals surface area contributed by atoms with Crippen molar-refractivity contribution in [3.63, 3.8) is 0 Å². The zero-order chi connectivity index (χ0) is 9.26. The summed E-state index contributed by atoms with van der Waals surface area (Å²) in [5.41, 5.74) is 2.63. The van der Waals surface area contributed by atoms with Gasteiger partial charge in [-0.1, -0.05) is 0 Å². The van der Waals surface area contributed by atoms with Crippen LogP contribution in [0.15, 0.2) is 24.3 Å². The minimum absolute atomic E-state index is 1.22. The fourth-order valence-corrected chi connectivity index (χ4v) is 1.54. The Hall–Kier alpha value is -1.18. The lowest BCUT2D eigenvalue weighted by atomic mass is 10.1. The van der Waals surface area contributed by atoms with Crippen LogP contribution in [0.2, 0.25) is 0 Å². The number of rotatable bonds is 2. The molecule has 1 heterocycles. The van der Waals surface area contributed by atoms with E-state index in [0.717, 1.165) is 0 Å². The van der Waals surface area contributed by atoms with E-state index in [0.29, 0.717) is 0 Å². The van der Waals surface area contributed by atoms with Crippen LogP contribution in [0, 0.1) is 0 Å². The molecule has 0 radical (unpaired) electrons. The van der Waals surface area contributed by atoms with Crippen LogP contribution in [-0.4, -0.2) is 27.2 Å². The molecule has 1 aliphatic heterocycles. The molecule has 0 amide bonds. The monoisotopic (exact) mass is 176 g/mol. The van der Waals surface area contributed by atoms with Gasteiger partial charge in [-0.25, -0.2) is 0 Å². The van der Waals surface area contributed by atoms with Crippen molar-refractivity contribution >= 4 is 11.4 Å². The van der Waals surface area contributed by atoms with Crippen LogP contribution in [0.4, 0.5) is 11.4 Å². The predicted molar refractivity (Wildman–Crippen MR) is 57.6 cm³/mol. The first-order chi connectivity index (χ1) is 6.27.